The second-order valence-electron chi connectivity index (χ2n) is 4.84. The molecule has 0 spiro atoms. The van der Waals surface area contributed by atoms with Gasteiger partial charge in [-0.25, -0.2) is 0 Å². The molecule has 1 N–H and O–H groups in total. The van der Waals surface area contributed by atoms with E-state index in [-0.39, 0.29) is 5.56 Å². The van der Waals surface area contributed by atoms with Crippen molar-refractivity contribution in [2.75, 3.05) is 6.54 Å². The molecule has 0 unspecified atom stereocenters. The van der Waals surface area contributed by atoms with Crippen molar-refractivity contribution in [3.8, 4) is 0 Å². The standard InChI is InChI=1S/C14H15F3N4O/c1-9-7-11(20-21(9)2)5-6-18-13(22)10-3-4-12(19-8-10)14(15,16)17/h3-4,7-8H,5-6H2,1-2H3,(H,18,22). The summed E-state index contributed by atoms with van der Waals surface area (Å²) >= 11 is 0. The quantitative estimate of drug-likeness (QED) is 0.940. The van der Waals surface area contributed by atoms with E-state index in [1.54, 1.807) is 4.68 Å². The molecule has 0 radical (unpaired) electrons. The first kappa shape index (κ1) is 16.0. The summed E-state index contributed by atoms with van der Waals surface area (Å²) in [6.45, 7) is 2.26. The summed E-state index contributed by atoms with van der Waals surface area (Å²) in [7, 11) is 1.82. The zero-order chi connectivity index (χ0) is 16.3. The molecule has 0 aromatic carbocycles. The van der Waals surface area contributed by atoms with E-state index in [2.05, 4.69) is 15.4 Å². The van der Waals surface area contributed by atoms with Gasteiger partial charge in [-0.05, 0) is 25.1 Å². The fraction of sp³-hybridized carbons (Fsp3) is 0.357. The van der Waals surface area contributed by atoms with Crippen molar-refractivity contribution in [2.24, 2.45) is 7.05 Å². The maximum atomic E-state index is 12.4. The molecule has 5 nitrogen and oxygen atoms in total. The van der Waals surface area contributed by atoms with Crippen molar-refractivity contribution in [1.82, 2.24) is 20.1 Å². The number of nitrogens with one attached hydrogen (secondary N) is 1. The van der Waals surface area contributed by atoms with Crippen molar-refractivity contribution in [3.63, 3.8) is 0 Å². The number of carbonyl (C=O) groups excluding carboxylic acids is 1. The largest absolute Gasteiger partial charge is 0.433 e. The van der Waals surface area contributed by atoms with Gasteiger partial charge in [0, 0.05) is 31.9 Å². The maximum absolute atomic E-state index is 12.4. The Morgan fingerprint density at radius 2 is 2.09 bits per heavy atom. The van der Waals surface area contributed by atoms with Crippen LogP contribution >= 0.6 is 0 Å². The Hall–Kier alpha value is -2.38. The van der Waals surface area contributed by atoms with Crippen LogP contribution in [0.2, 0.25) is 0 Å². The second kappa shape index (κ2) is 6.17. The van der Waals surface area contributed by atoms with Crippen LogP contribution in [0, 0.1) is 6.92 Å². The molecule has 0 fully saturated rings. The van der Waals surface area contributed by atoms with Gasteiger partial charge in [0.15, 0.2) is 0 Å². The van der Waals surface area contributed by atoms with E-state index in [1.165, 1.54) is 0 Å². The fourth-order valence-corrected chi connectivity index (χ4v) is 1.86. The lowest BCUT2D eigenvalue weighted by Crippen LogP contribution is -2.26. The number of aromatic nitrogens is 3. The van der Waals surface area contributed by atoms with Crippen LogP contribution in [0.25, 0.3) is 0 Å². The van der Waals surface area contributed by atoms with Crippen molar-refractivity contribution in [2.45, 2.75) is 19.5 Å². The third-order valence-corrected chi connectivity index (χ3v) is 3.15. The highest BCUT2D eigenvalue weighted by Crippen LogP contribution is 2.27. The molecular weight excluding hydrogens is 297 g/mol. The van der Waals surface area contributed by atoms with E-state index in [1.807, 2.05) is 20.0 Å². The van der Waals surface area contributed by atoms with E-state index in [0.717, 1.165) is 29.7 Å². The second-order valence-corrected chi connectivity index (χ2v) is 4.84. The van der Waals surface area contributed by atoms with Gasteiger partial charge >= 0.3 is 6.18 Å². The Kier molecular flexibility index (Phi) is 4.48. The van der Waals surface area contributed by atoms with Gasteiger partial charge in [-0.1, -0.05) is 0 Å². The fourth-order valence-electron chi connectivity index (χ4n) is 1.86. The van der Waals surface area contributed by atoms with Gasteiger partial charge in [-0.2, -0.15) is 18.3 Å². The van der Waals surface area contributed by atoms with Gasteiger partial charge in [0.05, 0.1) is 11.3 Å². The van der Waals surface area contributed by atoms with Gasteiger partial charge < -0.3 is 5.32 Å². The minimum atomic E-state index is -4.51. The predicted molar refractivity (Wildman–Crippen MR) is 73.2 cm³/mol. The average Bonchev–Trinajstić information content (AvgIpc) is 2.77. The SMILES string of the molecule is Cc1cc(CCNC(=O)c2ccc(C(F)(F)F)nc2)nn1C. The topological polar surface area (TPSA) is 59.8 Å². The summed E-state index contributed by atoms with van der Waals surface area (Å²) in [6, 6.07) is 3.80. The van der Waals surface area contributed by atoms with Gasteiger partial charge in [-0.15, -0.1) is 0 Å². The van der Waals surface area contributed by atoms with E-state index in [4.69, 9.17) is 0 Å². The normalized spacial score (nSPS) is 11.5. The van der Waals surface area contributed by atoms with E-state index in [9.17, 15) is 18.0 Å². The van der Waals surface area contributed by atoms with Crippen molar-refractivity contribution in [3.05, 3.63) is 47.0 Å². The zero-order valence-corrected chi connectivity index (χ0v) is 12.1. The number of hydrogen-bond donors (Lipinski definition) is 1. The number of rotatable bonds is 4. The predicted octanol–water partition coefficient (Wildman–Crippen LogP) is 2.11. The summed E-state index contributed by atoms with van der Waals surface area (Å²) in [4.78, 5) is 15.1. The van der Waals surface area contributed by atoms with Crippen LogP contribution in [0.4, 0.5) is 13.2 Å². The maximum Gasteiger partial charge on any atom is 0.433 e. The number of halogens is 3. The molecule has 0 saturated carbocycles. The van der Waals surface area contributed by atoms with Crippen molar-refractivity contribution >= 4 is 5.91 Å². The zero-order valence-electron chi connectivity index (χ0n) is 12.1. The summed E-state index contributed by atoms with van der Waals surface area (Å²) in [6.07, 6.45) is -3.05. The molecule has 118 valence electrons. The van der Waals surface area contributed by atoms with Crippen LogP contribution < -0.4 is 5.32 Å². The Labute approximate surface area is 125 Å². The number of hydrogen-bond acceptors (Lipinski definition) is 3. The molecule has 2 heterocycles. The molecular formula is C14H15F3N4O. The Bertz CT molecular complexity index is 642. The van der Waals surface area contributed by atoms with Crippen LogP contribution in [0.3, 0.4) is 0 Å². The first-order chi connectivity index (χ1) is 10.3. The van der Waals surface area contributed by atoms with Crippen molar-refractivity contribution in [1.29, 1.82) is 0 Å². The van der Waals surface area contributed by atoms with E-state index < -0.39 is 17.8 Å². The number of aryl methyl sites for hydroxylation is 2. The highest BCUT2D eigenvalue weighted by Gasteiger charge is 2.32. The van der Waals surface area contributed by atoms with Crippen LogP contribution in [-0.2, 0) is 19.6 Å². The van der Waals surface area contributed by atoms with E-state index >= 15 is 0 Å². The van der Waals surface area contributed by atoms with Gasteiger partial charge in [0.1, 0.15) is 5.69 Å². The van der Waals surface area contributed by atoms with Crippen molar-refractivity contribution < 1.29 is 18.0 Å². The summed E-state index contributed by atoms with van der Waals surface area (Å²) in [5.41, 5.74) is 0.914. The highest BCUT2D eigenvalue weighted by molar-refractivity contribution is 5.93. The lowest BCUT2D eigenvalue weighted by molar-refractivity contribution is -0.141. The molecule has 8 heteroatoms. The number of pyridine rings is 1. The smallest absolute Gasteiger partial charge is 0.352 e. The monoisotopic (exact) mass is 312 g/mol. The first-order valence-corrected chi connectivity index (χ1v) is 6.58. The lowest BCUT2D eigenvalue weighted by atomic mass is 10.2. The molecule has 0 aliphatic rings. The van der Waals surface area contributed by atoms with Crippen LogP contribution in [-0.4, -0.2) is 27.2 Å². The lowest BCUT2D eigenvalue weighted by Gasteiger charge is -2.07. The minimum absolute atomic E-state index is 0.0881. The Balaban J connectivity index is 1.89. The van der Waals surface area contributed by atoms with Gasteiger partial charge in [-0.3, -0.25) is 14.5 Å². The Morgan fingerprint density at radius 3 is 2.59 bits per heavy atom. The minimum Gasteiger partial charge on any atom is -0.352 e. The summed E-state index contributed by atoms with van der Waals surface area (Å²) < 4.78 is 38.9. The van der Waals surface area contributed by atoms with Crippen LogP contribution in [0.15, 0.2) is 24.4 Å². The highest BCUT2D eigenvalue weighted by atomic mass is 19.4. The van der Waals surface area contributed by atoms with Crippen LogP contribution in [0.1, 0.15) is 27.4 Å². The number of carbonyl (C=O) groups is 1. The summed E-state index contributed by atoms with van der Waals surface area (Å²) in [5, 5.41) is 6.87. The van der Waals surface area contributed by atoms with Gasteiger partial charge in [0.2, 0.25) is 0 Å². The molecule has 2 rings (SSSR count). The average molecular weight is 312 g/mol. The molecule has 0 bridgehead atoms. The molecule has 0 atom stereocenters. The molecule has 0 saturated heterocycles. The third-order valence-electron chi connectivity index (χ3n) is 3.15. The number of amides is 1. The molecule has 0 aliphatic heterocycles. The summed E-state index contributed by atoms with van der Waals surface area (Å²) in [5.74, 6) is -0.464. The first-order valence-electron chi connectivity index (χ1n) is 6.58. The van der Waals surface area contributed by atoms with Crippen LogP contribution in [0.5, 0.6) is 0 Å². The molecule has 22 heavy (non-hydrogen) atoms. The van der Waals surface area contributed by atoms with E-state index in [0.29, 0.717) is 13.0 Å². The molecule has 0 aliphatic carbocycles. The number of alkyl halides is 3. The molecule has 1 amide bonds. The van der Waals surface area contributed by atoms with Gasteiger partial charge in [0.25, 0.3) is 5.91 Å². The molecule has 2 aromatic rings. The molecule has 2 aromatic heterocycles. The Morgan fingerprint density at radius 1 is 1.36 bits per heavy atom. The third kappa shape index (κ3) is 3.84. The number of nitrogens with zero attached hydrogens (tertiary/aromatic N) is 3.